The molecule has 1 aromatic carbocycles. The summed E-state index contributed by atoms with van der Waals surface area (Å²) in [4.78, 5) is 34.3. The van der Waals surface area contributed by atoms with Gasteiger partial charge >= 0.3 is 0 Å². The predicted octanol–water partition coefficient (Wildman–Crippen LogP) is 5.29. The van der Waals surface area contributed by atoms with Crippen LogP contribution in [0.1, 0.15) is 43.0 Å². The third kappa shape index (κ3) is 5.72. The molecular weight excluding hydrogens is 609 g/mol. The van der Waals surface area contributed by atoms with Crippen LogP contribution in [0.15, 0.2) is 61.1 Å². The Morgan fingerprint density at radius 2 is 1.87 bits per heavy atom. The molecule has 0 bridgehead atoms. The first kappa shape index (κ1) is 29.6. The Labute approximate surface area is 263 Å². The van der Waals surface area contributed by atoms with Crippen molar-refractivity contribution >= 4 is 43.6 Å². The van der Waals surface area contributed by atoms with E-state index >= 15 is 0 Å². The number of benzene rings is 1. The largest absolute Gasteiger partial charge is 0.335 e. The number of anilines is 1. The quantitative estimate of drug-likeness (QED) is 0.180. The van der Waals surface area contributed by atoms with Crippen molar-refractivity contribution in [2.75, 3.05) is 11.6 Å². The number of rotatable bonds is 7. The van der Waals surface area contributed by atoms with Crippen LogP contribution in [-0.4, -0.2) is 55.7 Å². The Bertz CT molecular complexity index is 2230. The fraction of sp³-hybridized carbons (Fsp3) is 0.250. The van der Waals surface area contributed by atoms with E-state index in [-0.39, 0.29) is 17.4 Å². The van der Waals surface area contributed by atoms with Gasteiger partial charge in [-0.1, -0.05) is 19.3 Å². The fourth-order valence-corrected chi connectivity index (χ4v) is 6.56. The summed E-state index contributed by atoms with van der Waals surface area (Å²) >= 11 is 0. The van der Waals surface area contributed by atoms with E-state index in [2.05, 4.69) is 35.5 Å². The minimum Gasteiger partial charge on any atom is -0.335 e. The Morgan fingerprint density at radius 1 is 1.04 bits per heavy atom. The second-order valence-electron chi connectivity index (χ2n) is 11.6. The van der Waals surface area contributed by atoms with Crippen LogP contribution < -0.4 is 11.1 Å². The summed E-state index contributed by atoms with van der Waals surface area (Å²) < 4.78 is 38.8. The lowest BCUT2D eigenvalue weighted by Crippen LogP contribution is -2.24. The summed E-state index contributed by atoms with van der Waals surface area (Å²) in [5.41, 5.74) is 11.5. The average Bonchev–Trinajstić information content (AvgIpc) is 3.68. The van der Waals surface area contributed by atoms with Crippen molar-refractivity contribution in [3.05, 3.63) is 72.4 Å². The molecule has 0 saturated heterocycles. The molecule has 1 saturated carbocycles. The molecule has 6 aromatic rings. The van der Waals surface area contributed by atoms with Crippen molar-refractivity contribution < 1.29 is 17.6 Å². The zero-order chi connectivity index (χ0) is 32.0. The smallest absolute Gasteiger partial charge is 0.227 e. The number of imidazole rings is 1. The van der Waals surface area contributed by atoms with Gasteiger partial charge < -0.3 is 16.0 Å². The first-order valence-corrected chi connectivity index (χ1v) is 16.8. The zero-order valence-electron chi connectivity index (χ0n) is 24.8. The molecule has 1 amide bonds. The number of nitrogens with one attached hydrogen (secondary N) is 3. The molecular formula is C32H30FN9O3S. The van der Waals surface area contributed by atoms with E-state index in [1.807, 2.05) is 18.2 Å². The van der Waals surface area contributed by atoms with E-state index in [0.29, 0.717) is 56.2 Å². The van der Waals surface area contributed by atoms with Gasteiger partial charge in [-0.15, -0.1) is 0 Å². The number of halogens is 1. The number of pyridine rings is 3. The lowest BCUT2D eigenvalue weighted by molar-refractivity contribution is -0.120. The summed E-state index contributed by atoms with van der Waals surface area (Å²) in [6.07, 6.45) is 11.0. The van der Waals surface area contributed by atoms with E-state index in [9.17, 15) is 17.6 Å². The van der Waals surface area contributed by atoms with Crippen LogP contribution in [0, 0.1) is 11.7 Å². The molecule has 1 aliphatic rings. The van der Waals surface area contributed by atoms with Crippen molar-refractivity contribution in [3.8, 4) is 33.9 Å². The van der Waals surface area contributed by atoms with Crippen LogP contribution in [0.3, 0.4) is 0 Å². The molecule has 0 radical (unpaired) electrons. The number of hydrogen-bond donors (Lipinski definition) is 4. The van der Waals surface area contributed by atoms with E-state index in [4.69, 9.17) is 10.7 Å². The van der Waals surface area contributed by atoms with Gasteiger partial charge in [-0.3, -0.25) is 14.9 Å². The highest BCUT2D eigenvalue weighted by molar-refractivity contribution is 7.90. The maximum atomic E-state index is 14.7. The average molecular weight is 640 g/mol. The summed E-state index contributed by atoms with van der Waals surface area (Å²) in [5.74, 6) is -0.211. The number of carbonyl (C=O) groups excluding carboxylic acids is 1. The molecule has 1 unspecified atom stereocenters. The molecule has 46 heavy (non-hydrogen) atoms. The maximum Gasteiger partial charge on any atom is 0.227 e. The third-order valence-electron chi connectivity index (χ3n) is 8.32. The van der Waals surface area contributed by atoms with Crippen LogP contribution in [0.2, 0.25) is 0 Å². The maximum absolute atomic E-state index is 14.7. The van der Waals surface area contributed by atoms with Crippen molar-refractivity contribution in [2.24, 2.45) is 11.7 Å². The number of aromatic nitrogens is 7. The third-order valence-corrected chi connectivity index (χ3v) is 9.52. The van der Waals surface area contributed by atoms with Crippen molar-refractivity contribution in [1.29, 1.82) is 0 Å². The van der Waals surface area contributed by atoms with Gasteiger partial charge in [0, 0.05) is 35.7 Å². The lowest BCUT2D eigenvalue weighted by atomic mass is 9.88. The van der Waals surface area contributed by atoms with Gasteiger partial charge in [0.2, 0.25) is 5.91 Å². The molecule has 0 aliphatic heterocycles. The Kier molecular flexibility index (Phi) is 7.53. The van der Waals surface area contributed by atoms with Gasteiger partial charge in [0.25, 0.3) is 0 Å². The number of sulfone groups is 1. The van der Waals surface area contributed by atoms with Crippen molar-refractivity contribution in [2.45, 2.75) is 37.5 Å². The van der Waals surface area contributed by atoms with Crippen LogP contribution >= 0.6 is 0 Å². The van der Waals surface area contributed by atoms with E-state index < -0.39 is 21.0 Å². The molecule has 7 rings (SSSR count). The molecule has 12 nitrogen and oxygen atoms in total. The molecule has 1 atom stereocenters. The number of nitrogens with two attached hydrogens (primary N) is 1. The van der Waals surface area contributed by atoms with E-state index in [1.165, 1.54) is 18.7 Å². The highest BCUT2D eigenvalue weighted by atomic mass is 32.2. The molecule has 14 heteroatoms. The first-order valence-electron chi connectivity index (χ1n) is 14.9. The molecule has 5 N–H and O–H groups in total. The predicted molar refractivity (Wildman–Crippen MR) is 172 cm³/mol. The molecule has 5 aromatic heterocycles. The van der Waals surface area contributed by atoms with E-state index in [1.54, 1.807) is 24.5 Å². The van der Waals surface area contributed by atoms with Crippen molar-refractivity contribution in [1.82, 2.24) is 35.1 Å². The van der Waals surface area contributed by atoms with Crippen molar-refractivity contribution in [3.63, 3.8) is 0 Å². The van der Waals surface area contributed by atoms with Gasteiger partial charge in [-0.25, -0.2) is 27.8 Å². The summed E-state index contributed by atoms with van der Waals surface area (Å²) in [6, 6.07) is 11.2. The topological polar surface area (TPSA) is 185 Å². The first-order chi connectivity index (χ1) is 22.1. The van der Waals surface area contributed by atoms with Crippen LogP contribution in [0.25, 0.3) is 56.1 Å². The fourth-order valence-electron chi connectivity index (χ4n) is 5.93. The normalized spacial score (nSPS) is 14.9. The number of H-pyrrole nitrogens is 2. The minimum absolute atomic E-state index is 0.0183. The number of fused-ring (bicyclic) bond motifs is 2. The zero-order valence-corrected chi connectivity index (χ0v) is 25.6. The van der Waals surface area contributed by atoms with Gasteiger partial charge in [-0.05, 0) is 66.4 Å². The van der Waals surface area contributed by atoms with Gasteiger partial charge in [0.15, 0.2) is 27.0 Å². The van der Waals surface area contributed by atoms with Crippen LogP contribution in [0.4, 0.5) is 10.1 Å². The number of carbonyl (C=O) groups is 1. The molecule has 0 spiro atoms. The van der Waals surface area contributed by atoms with E-state index in [0.717, 1.165) is 43.6 Å². The Balaban J connectivity index is 1.23. The monoisotopic (exact) mass is 639 g/mol. The lowest BCUT2D eigenvalue weighted by Gasteiger charge is -2.20. The summed E-state index contributed by atoms with van der Waals surface area (Å²) in [6.45, 7) is 0. The SMILES string of the molecule is CS(=O)(=O)C(N)c1cc(F)cc(-c2ccnc3nc(-c4n[nH]c5ccc(-c6cncc(NC(=O)C7CCCCC7)c6)nc45)[nH]c23)c1. The summed E-state index contributed by atoms with van der Waals surface area (Å²) in [5, 5.41) is 9.08. The highest BCUT2D eigenvalue weighted by Gasteiger charge is 2.23. The Morgan fingerprint density at radius 3 is 2.67 bits per heavy atom. The number of aromatic amines is 2. The Hall–Kier alpha value is -5.08. The molecule has 234 valence electrons. The van der Waals surface area contributed by atoms with Crippen LogP contribution in [-0.2, 0) is 14.6 Å². The molecule has 1 aliphatic carbocycles. The minimum atomic E-state index is -3.66. The standard InChI is InChI=1S/C32H30FN9O3S/c1-46(44,45)29(34)19-11-18(12-21(33)13-19)23-9-10-36-30-26(23)39-31(40-30)28-27-25(41-42-28)8-7-24(38-27)20-14-22(16-35-15-20)37-32(43)17-5-3-2-4-6-17/h7-17,29H,2-6,34H2,1H3,(H,37,43)(H,41,42)(H,36,39,40). The van der Waals surface area contributed by atoms with Gasteiger partial charge in [0.1, 0.15) is 16.7 Å². The highest BCUT2D eigenvalue weighted by Crippen LogP contribution is 2.33. The van der Waals surface area contributed by atoms with Crippen LogP contribution in [0.5, 0.6) is 0 Å². The molecule has 1 fully saturated rings. The number of hydrogen-bond acceptors (Lipinski definition) is 9. The number of nitrogens with zero attached hydrogens (tertiary/aromatic N) is 5. The number of amides is 1. The molecule has 5 heterocycles. The van der Waals surface area contributed by atoms with Gasteiger partial charge in [-0.2, -0.15) is 5.10 Å². The second kappa shape index (κ2) is 11.7. The summed E-state index contributed by atoms with van der Waals surface area (Å²) in [7, 11) is -3.66. The van der Waals surface area contributed by atoms with Gasteiger partial charge in [0.05, 0.1) is 28.6 Å². The second-order valence-corrected chi connectivity index (χ2v) is 13.8.